The predicted octanol–water partition coefficient (Wildman–Crippen LogP) is 1.30. The lowest BCUT2D eigenvalue weighted by molar-refractivity contribution is -0.138. The first kappa shape index (κ1) is 13.1. The summed E-state index contributed by atoms with van der Waals surface area (Å²) in [5.41, 5.74) is 1.21. The van der Waals surface area contributed by atoms with Gasteiger partial charge in [0.15, 0.2) is 5.58 Å². The molecule has 0 saturated heterocycles. The molecule has 0 atom stereocenters. The van der Waals surface area contributed by atoms with E-state index in [2.05, 4.69) is 5.16 Å². The molecule has 1 N–H and O–H groups in total. The van der Waals surface area contributed by atoms with Gasteiger partial charge in [-0.25, -0.2) is 0 Å². The number of carbonyl (C=O) groups is 2. The minimum Gasteiger partial charge on any atom is -0.481 e. The summed E-state index contributed by atoms with van der Waals surface area (Å²) in [6.07, 6.45) is 0.0366. The van der Waals surface area contributed by atoms with E-state index in [-0.39, 0.29) is 25.3 Å². The molecular formula is C13H14N2O4. The van der Waals surface area contributed by atoms with Crippen LogP contribution in [0.4, 0.5) is 0 Å². The van der Waals surface area contributed by atoms with Crippen molar-refractivity contribution in [3.63, 3.8) is 0 Å². The second-order valence-corrected chi connectivity index (χ2v) is 4.26. The Morgan fingerprint density at radius 3 is 2.84 bits per heavy atom. The number of likely N-dealkylation sites (N-methyl/N-ethyl adjacent to an activating group) is 1. The van der Waals surface area contributed by atoms with Crippen molar-refractivity contribution in [2.45, 2.75) is 12.8 Å². The van der Waals surface area contributed by atoms with Gasteiger partial charge in [0.1, 0.15) is 5.69 Å². The zero-order valence-corrected chi connectivity index (χ0v) is 10.5. The number of nitrogens with zero attached hydrogens (tertiary/aromatic N) is 2. The van der Waals surface area contributed by atoms with Gasteiger partial charge in [-0.3, -0.25) is 9.59 Å². The van der Waals surface area contributed by atoms with E-state index in [4.69, 9.17) is 9.63 Å². The molecule has 19 heavy (non-hydrogen) atoms. The Labute approximate surface area is 109 Å². The average Bonchev–Trinajstić information content (AvgIpc) is 2.79. The van der Waals surface area contributed by atoms with Crippen LogP contribution in [0, 0.1) is 0 Å². The molecule has 0 aliphatic rings. The number of amides is 1. The Kier molecular flexibility index (Phi) is 3.79. The molecule has 0 aliphatic heterocycles. The molecule has 1 heterocycles. The highest BCUT2D eigenvalue weighted by Gasteiger charge is 2.15. The maximum atomic E-state index is 11.9. The van der Waals surface area contributed by atoms with E-state index in [1.54, 1.807) is 13.1 Å². The van der Waals surface area contributed by atoms with Crippen LogP contribution in [0.5, 0.6) is 0 Å². The molecule has 0 aliphatic carbocycles. The van der Waals surface area contributed by atoms with Gasteiger partial charge in [0.2, 0.25) is 5.91 Å². The average molecular weight is 262 g/mol. The molecule has 0 unspecified atom stereocenters. The number of carboxylic acid groups (broad SMARTS) is 1. The number of carbonyl (C=O) groups excluding carboxylic acids is 1. The second kappa shape index (κ2) is 5.51. The van der Waals surface area contributed by atoms with Crippen LogP contribution < -0.4 is 0 Å². The summed E-state index contributed by atoms with van der Waals surface area (Å²) in [5.74, 6) is -1.10. The first-order valence-electron chi connectivity index (χ1n) is 5.87. The van der Waals surface area contributed by atoms with Gasteiger partial charge in [0, 0.05) is 19.0 Å². The maximum absolute atomic E-state index is 11.9. The number of carboxylic acids is 1. The SMILES string of the molecule is CN(CCC(=O)O)C(=O)Cc1noc2ccccc12. The van der Waals surface area contributed by atoms with Crippen LogP contribution in [0.1, 0.15) is 12.1 Å². The normalized spacial score (nSPS) is 10.6. The fourth-order valence-corrected chi connectivity index (χ4v) is 1.73. The summed E-state index contributed by atoms with van der Waals surface area (Å²) in [6, 6.07) is 7.30. The standard InChI is InChI=1S/C13H14N2O4/c1-15(7-6-13(17)18)12(16)8-10-9-4-2-3-5-11(9)19-14-10/h2-5H,6-8H2,1H3,(H,17,18). The highest BCUT2D eigenvalue weighted by atomic mass is 16.5. The van der Waals surface area contributed by atoms with Gasteiger partial charge in [0.25, 0.3) is 0 Å². The summed E-state index contributed by atoms with van der Waals surface area (Å²) in [7, 11) is 1.58. The molecule has 0 fully saturated rings. The van der Waals surface area contributed by atoms with E-state index < -0.39 is 5.97 Å². The molecule has 0 radical (unpaired) electrons. The van der Waals surface area contributed by atoms with E-state index in [1.165, 1.54) is 4.90 Å². The van der Waals surface area contributed by atoms with E-state index in [9.17, 15) is 9.59 Å². The highest BCUT2D eigenvalue weighted by molar-refractivity contribution is 5.86. The van der Waals surface area contributed by atoms with Crippen LogP contribution in [0.15, 0.2) is 28.8 Å². The van der Waals surface area contributed by atoms with Crippen molar-refractivity contribution in [1.29, 1.82) is 0 Å². The summed E-state index contributed by atoms with van der Waals surface area (Å²) in [5, 5.41) is 13.3. The molecular weight excluding hydrogens is 248 g/mol. The number of hydrogen-bond acceptors (Lipinski definition) is 4. The number of aliphatic carboxylic acids is 1. The second-order valence-electron chi connectivity index (χ2n) is 4.26. The van der Waals surface area contributed by atoms with Gasteiger partial charge in [-0.05, 0) is 12.1 Å². The lowest BCUT2D eigenvalue weighted by Gasteiger charge is -2.14. The van der Waals surface area contributed by atoms with Crippen LogP contribution >= 0.6 is 0 Å². The summed E-state index contributed by atoms with van der Waals surface area (Å²) in [4.78, 5) is 23.8. The van der Waals surface area contributed by atoms with Gasteiger partial charge in [-0.15, -0.1) is 0 Å². The van der Waals surface area contributed by atoms with Crippen LogP contribution in [0.2, 0.25) is 0 Å². The molecule has 1 amide bonds. The maximum Gasteiger partial charge on any atom is 0.305 e. The van der Waals surface area contributed by atoms with Crippen molar-refractivity contribution in [2.24, 2.45) is 0 Å². The topological polar surface area (TPSA) is 83.6 Å². The van der Waals surface area contributed by atoms with E-state index in [0.717, 1.165) is 5.39 Å². The van der Waals surface area contributed by atoms with Crippen molar-refractivity contribution >= 4 is 22.8 Å². The zero-order chi connectivity index (χ0) is 13.8. The Balaban J connectivity index is 2.04. The number of fused-ring (bicyclic) bond motifs is 1. The predicted molar refractivity (Wildman–Crippen MR) is 67.6 cm³/mol. The third kappa shape index (κ3) is 3.09. The van der Waals surface area contributed by atoms with Crippen LogP contribution in [-0.2, 0) is 16.0 Å². The summed E-state index contributed by atoms with van der Waals surface area (Å²) in [6.45, 7) is 0.184. The molecule has 0 saturated carbocycles. The van der Waals surface area contributed by atoms with Gasteiger partial charge in [0.05, 0.1) is 12.8 Å². The number of rotatable bonds is 5. The molecule has 0 bridgehead atoms. The lowest BCUT2D eigenvalue weighted by atomic mass is 10.1. The molecule has 100 valence electrons. The number of benzene rings is 1. The Bertz CT molecular complexity index is 605. The zero-order valence-electron chi connectivity index (χ0n) is 10.5. The van der Waals surface area contributed by atoms with Crippen LogP contribution in [0.3, 0.4) is 0 Å². The number of aromatic nitrogens is 1. The van der Waals surface area contributed by atoms with Gasteiger partial charge in [-0.1, -0.05) is 17.3 Å². The largest absolute Gasteiger partial charge is 0.481 e. The van der Waals surface area contributed by atoms with Crippen molar-refractivity contribution in [3.8, 4) is 0 Å². The lowest BCUT2D eigenvalue weighted by Crippen LogP contribution is -2.30. The first-order chi connectivity index (χ1) is 9.08. The van der Waals surface area contributed by atoms with E-state index in [1.807, 2.05) is 18.2 Å². The van der Waals surface area contributed by atoms with Gasteiger partial charge in [-0.2, -0.15) is 0 Å². The van der Waals surface area contributed by atoms with Crippen LogP contribution in [-0.4, -0.2) is 40.6 Å². The molecule has 1 aromatic carbocycles. The Morgan fingerprint density at radius 2 is 2.11 bits per heavy atom. The van der Waals surface area contributed by atoms with Crippen molar-refractivity contribution in [2.75, 3.05) is 13.6 Å². The third-order valence-corrected chi connectivity index (χ3v) is 2.86. The molecule has 6 nitrogen and oxygen atoms in total. The van der Waals surface area contributed by atoms with E-state index >= 15 is 0 Å². The van der Waals surface area contributed by atoms with E-state index in [0.29, 0.717) is 11.3 Å². The Morgan fingerprint density at radius 1 is 1.37 bits per heavy atom. The first-order valence-corrected chi connectivity index (χ1v) is 5.87. The van der Waals surface area contributed by atoms with Crippen molar-refractivity contribution < 1.29 is 19.2 Å². The molecule has 6 heteroatoms. The van der Waals surface area contributed by atoms with Crippen LogP contribution in [0.25, 0.3) is 11.0 Å². The minimum atomic E-state index is -0.925. The quantitative estimate of drug-likeness (QED) is 0.878. The van der Waals surface area contributed by atoms with Crippen molar-refractivity contribution in [3.05, 3.63) is 30.0 Å². The van der Waals surface area contributed by atoms with Gasteiger partial charge < -0.3 is 14.5 Å². The molecule has 2 rings (SSSR count). The molecule has 0 spiro atoms. The fraction of sp³-hybridized carbons (Fsp3) is 0.308. The summed E-state index contributed by atoms with van der Waals surface area (Å²) >= 11 is 0. The minimum absolute atomic E-state index is 0.0677. The smallest absolute Gasteiger partial charge is 0.305 e. The molecule has 2 aromatic rings. The monoisotopic (exact) mass is 262 g/mol. The number of para-hydroxylation sites is 1. The Hall–Kier alpha value is -2.37. The number of hydrogen-bond donors (Lipinski definition) is 1. The fourth-order valence-electron chi connectivity index (χ4n) is 1.73. The molecule has 1 aromatic heterocycles. The van der Waals surface area contributed by atoms with Gasteiger partial charge >= 0.3 is 5.97 Å². The summed E-state index contributed by atoms with van der Waals surface area (Å²) < 4.78 is 5.11. The third-order valence-electron chi connectivity index (χ3n) is 2.86. The van der Waals surface area contributed by atoms with Crippen molar-refractivity contribution in [1.82, 2.24) is 10.1 Å². The highest BCUT2D eigenvalue weighted by Crippen LogP contribution is 2.18.